The molecule has 2 aliphatic carbocycles. The third-order valence-corrected chi connectivity index (χ3v) is 13.1. The molecule has 0 aliphatic heterocycles. The van der Waals surface area contributed by atoms with Crippen molar-refractivity contribution in [2.75, 3.05) is 0 Å². The van der Waals surface area contributed by atoms with E-state index in [9.17, 15) is 0 Å². The molecule has 0 atom stereocenters. The molecule has 0 bridgehead atoms. The smallest absolute Gasteiger partial charge is 0.164 e. The SMILES string of the molecule is c1ccc(-c2nc(-c3ccc(-c4ccc5c(c4)C4(c6ccccc6-c6ccccc64)c4ccccc4-5)cc3)nc(-c3ccc4c5ccccc5n(-c5ccccc5)c4c3)n2)cc1. The number of hydrogen-bond acceptors (Lipinski definition) is 3. The summed E-state index contributed by atoms with van der Waals surface area (Å²) >= 11 is 0. The van der Waals surface area contributed by atoms with Crippen molar-refractivity contribution in [2.45, 2.75) is 5.41 Å². The van der Waals surface area contributed by atoms with Crippen LogP contribution in [0.1, 0.15) is 22.3 Å². The molecule has 0 saturated carbocycles. The molecule has 4 nitrogen and oxygen atoms in total. The minimum absolute atomic E-state index is 0.386. The molecule has 0 N–H and O–H groups in total. The van der Waals surface area contributed by atoms with Gasteiger partial charge in [0.15, 0.2) is 17.5 Å². The van der Waals surface area contributed by atoms with Gasteiger partial charge < -0.3 is 4.57 Å². The zero-order valence-electron chi connectivity index (χ0n) is 33.6. The van der Waals surface area contributed by atoms with E-state index in [-0.39, 0.29) is 5.41 Å². The van der Waals surface area contributed by atoms with Crippen molar-refractivity contribution in [2.24, 2.45) is 0 Å². The fourth-order valence-corrected chi connectivity index (χ4v) is 10.4. The number of aromatic nitrogens is 4. The van der Waals surface area contributed by atoms with E-state index in [1.807, 2.05) is 18.2 Å². The summed E-state index contributed by atoms with van der Waals surface area (Å²) < 4.78 is 2.33. The Balaban J connectivity index is 0.936. The van der Waals surface area contributed by atoms with Gasteiger partial charge in [0, 0.05) is 33.2 Å². The first kappa shape index (κ1) is 34.6. The van der Waals surface area contributed by atoms with Gasteiger partial charge in [-0.25, -0.2) is 15.0 Å². The Labute approximate surface area is 359 Å². The largest absolute Gasteiger partial charge is 0.309 e. The zero-order valence-corrected chi connectivity index (χ0v) is 33.6. The summed E-state index contributed by atoms with van der Waals surface area (Å²) in [6.07, 6.45) is 0. The van der Waals surface area contributed by atoms with Crippen LogP contribution >= 0.6 is 0 Å². The molecule has 2 aliphatic rings. The first-order chi connectivity index (χ1) is 30.7. The lowest BCUT2D eigenvalue weighted by molar-refractivity contribution is 0.794. The molecule has 62 heavy (non-hydrogen) atoms. The van der Waals surface area contributed by atoms with Crippen molar-refractivity contribution in [1.82, 2.24) is 19.5 Å². The maximum absolute atomic E-state index is 5.19. The van der Waals surface area contributed by atoms with Crippen LogP contribution in [-0.4, -0.2) is 19.5 Å². The normalized spacial score (nSPS) is 13.0. The van der Waals surface area contributed by atoms with E-state index in [1.165, 1.54) is 60.8 Å². The highest BCUT2D eigenvalue weighted by molar-refractivity contribution is 6.10. The van der Waals surface area contributed by atoms with Crippen LogP contribution in [0.15, 0.2) is 218 Å². The van der Waals surface area contributed by atoms with Gasteiger partial charge in [-0.1, -0.05) is 188 Å². The Morgan fingerprint density at radius 1 is 0.290 bits per heavy atom. The van der Waals surface area contributed by atoms with Gasteiger partial charge in [-0.2, -0.15) is 0 Å². The van der Waals surface area contributed by atoms with Crippen LogP contribution in [0.25, 0.3) is 95.0 Å². The highest BCUT2D eigenvalue weighted by Gasteiger charge is 2.51. The lowest BCUT2D eigenvalue weighted by Crippen LogP contribution is -2.25. The Kier molecular flexibility index (Phi) is 7.49. The Morgan fingerprint density at radius 2 is 0.742 bits per heavy atom. The summed E-state index contributed by atoms with van der Waals surface area (Å²) in [4.78, 5) is 15.4. The Hall–Kier alpha value is -8.21. The van der Waals surface area contributed by atoms with Crippen molar-refractivity contribution in [1.29, 1.82) is 0 Å². The quantitative estimate of drug-likeness (QED) is 0.174. The van der Waals surface area contributed by atoms with E-state index in [4.69, 9.17) is 15.0 Å². The topological polar surface area (TPSA) is 43.6 Å². The van der Waals surface area contributed by atoms with E-state index in [0.717, 1.165) is 39.0 Å². The Bertz CT molecular complexity index is 3500. The van der Waals surface area contributed by atoms with Crippen molar-refractivity contribution < 1.29 is 0 Å². The highest BCUT2D eigenvalue weighted by atomic mass is 15.0. The summed E-state index contributed by atoms with van der Waals surface area (Å²) in [5.74, 6) is 1.90. The van der Waals surface area contributed by atoms with Gasteiger partial charge >= 0.3 is 0 Å². The maximum atomic E-state index is 5.19. The number of benzene rings is 9. The van der Waals surface area contributed by atoms with Crippen LogP contribution in [0.2, 0.25) is 0 Å². The minimum Gasteiger partial charge on any atom is -0.309 e. The van der Waals surface area contributed by atoms with Crippen LogP contribution < -0.4 is 0 Å². The average Bonchev–Trinajstić information content (AvgIpc) is 3.96. The summed E-state index contributed by atoms with van der Waals surface area (Å²) in [6.45, 7) is 0. The van der Waals surface area contributed by atoms with Gasteiger partial charge in [0.05, 0.1) is 16.4 Å². The van der Waals surface area contributed by atoms with Gasteiger partial charge in [0.25, 0.3) is 0 Å². The first-order valence-corrected chi connectivity index (χ1v) is 21.2. The van der Waals surface area contributed by atoms with Crippen LogP contribution in [0.5, 0.6) is 0 Å². The Morgan fingerprint density at radius 3 is 1.39 bits per heavy atom. The van der Waals surface area contributed by atoms with Gasteiger partial charge in [0.1, 0.15) is 0 Å². The predicted molar refractivity (Wildman–Crippen MR) is 252 cm³/mol. The standard InChI is InChI=1S/C58H36N4/c1-3-15-38(16-4-1)55-59-56(61-57(60-55)41-32-34-48-47-22-10-14-26-53(47)62(54(48)36-41)42-17-5-2-6-18-42)39-29-27-37(28-30-39)40-31-33-46-45-21-9-13-25-51(45)58(52(46)35-40)49-23-11-7-19-43(49)44-20-8-12-24-50(44)58/h1-36H. The number of rotatable bonds is 5. The number of nitrogens with zero attached hydrogens (tertiary/aromatic N) is 4. The summed E-state index contributed by atoms with van der Waals surface area (Å²) in [6, 6.07) is 78.5. The molecule has 0 saturated heterocycles. The van der Waals surface area contributed by atoms with E-state index in [0.29, 0.717) is 17.5 Å². The second-order valence-corrected chi connectivity index (χ2v) is 16.3. The molecule has 0 radical (unpaired) electrons. The number of para-hydroxylation sites is 2. The highest BCUT2D eigenvalue weighted by Crippen LogP contribution is 2.63. The second-order valence-electron chi connectivity index (χ2n) is 16.3. The van der Waals surface area contributed by atoms with Crippen LogP contribution in [-0.2, 0) is 5.41 Å². The lowest BCUT2D eigenvalue weighted by Gasteiger charge is -2.30. The van der Waals surface area contributed by atoms with Crippen LogP contribution in [0.4, 0.5) is 0 Å². The molecule has 288 valence electrons. The third-order valence-electron chi connectivity index (χ3n) is 13.1. The molecular weight excluding hydrogens is 753 g/mol. The maximum Gasteiger partial charge on any atom is 0.164 e. The van der Waals surface area contributed by atoms with Gasteiger partial charge in [-0.05, 0) is 86.0 Å². The zero-order chi connectivity index (χ0) is 40.8. The molecular formula is C58H36N4. The molecule has 9 aromatic carbocycles. The van der Waals surface area contributed by atoms with Crippen molar-refractivity contribution in [3.05, 3.63) is 241 Å². The van der Waals surface area contributed by atoms with E-state index in [1.54, 1.807) is 0 Å². The molecule has 2 aromatic heterocycles. The van der Waals surface area contributed by atoms with Gasteiger partial charge in [-0.3, -0.25) is 0 Å². The van der Waals surface area contributed by atoms with Gasteiger partial charge in [-0.15, -0.1) is 0 Å². The second kappa shape index (κ2) is 13.4. The first-order valence-electron chi connectivity index (χ1n) is 21.2. The van der Waals surface area contributed by atoms with E-state index >= 15 is 0 Å². The van der Waals surface area contributed by atoms with E-state index < -0.39 is 0 Å². The average molecular weight is 789 g/mol. The fraction of sp³-hybridized carbons (Fsp3) is 0.0172. The molecule has 2 heterocycles. The van der Waals surface area contributed by atoms with Crippen molar-refractivity contribution in [3.63, 3.8) is 0 Å². The predicted octanol–water partition coefficient (Wildman–Crippen LogP) is 14.0. The minimum atomic E-state index is -0.386. The fourth-order valence-electron chi connectivity index (χ4n) is 10.4. The molecule has 0 fully saturated rings. The number of fused-ring (bicyclic) bond motifs is 13. The lowest BCUT2D eigenvalue weighted by atomic mass is 9.70. The monoisotopic (exact) mass is 788 g/mol. The molecule has 13 rings (SSSR count). The molecule has 0 amide bonds. The van der Waals surface area contributed by atoms with Crippen molar-refractivity contribution >= 4 is 21.8 Å². The van der Waals surface area contributed by atoms with Gasteiger partial charge in [0.2, 0.25) is 0 Å². The summed E-state index contributed by atoms with van der Waals surface area (Å²) in [5.41, 5.74) is 18.7. The molecule has 4 heteroatoms. The summed E-state index contributed by atoms with van der Waals surface area (Å²) in [7, 11) is 0. The summed E-state index contributed by atoms with van der Waals surface area (Å²) in [5, 5.41) is 2.39. The molecule has 1 spiro atoms. The van der Waals surface area contributed by atoms with Crippen LogP contribution in [0, 0.1) is 0 Å². The number of hydrogen-bond donors (Lipinski definition) is 0. The molecule has 0 unspecified atom stereocenters. The van der Waals surface area contributed by atoms with E-state index in [2.05, 4.69) is 205 Å². The molecule has 11 aromatic rings. The third kappa shape index (κ3) is 4.98. The van der Waals surface area contributed by atoms with Crippen molar-refractivity contribution in [3.8, 4) is 73.2 Å². The van der Waals surface area contributed by atoms with Crippen LogP contribution in [0.3, 0.4) is 0 Å².